The van der Waals surface area contributed by atoms with Gasteiger partial charge in [-0.15, -0.1) is 11.3 Å². The Morgan fingerprint density at radius 1 is 1.08 bits per heavy atom. The fourth-order valence-corrected chi connectivity index (χ4v) is 5.20. The lowest BCUT2D eigenvalue weighted by atomic mass is 10.2. The highest BCUT2D eigenvalue weighted by molar-refractivity contribution is 7.89. The van der Waals surface area contributed by atoms with Gasteiger partial charge >= 0.3 is 0 Å². The van der Waals surface area contributed by atoms with Gasteiger partial charge in [0, 0.05) is 23.7 Å². The average Bonchev–Trinajstić information content (AvgIpc) is 3.04. The molecule has 0 saturated carbocycles. The first-order chi connectivity index (χ1) is 11.9. The molecule has 3 rings (SSSR count). The van der Waals surface area contributed by atoms with Crippen molar-refractivity contribution in [1.82, 2.24) is 4.31 Å². The number of hydrogen-bond acceptors (Lipinski definition) is 4. The summed E-state index contributed by atoms with van der Waals surface area (Å²) in [6.45, 7) is 4.92. The van der Waals surface area contributed by atoms with Gasteiger partial charge in [-0.05, 0) is 56.5 Å². The van der Waals surface area contributed by atoms with E-state index in [0.717, 1.165) is 29.7 Å². The molecule has 1 aromatic heterocycles. The number of thiophene rings is 1. The highest BCUT2D eigenvalue weighted by Gasteiger charge is 2.26. The fourth-order valence-electron chi connectivity index (χ4n) is 2.89. The molecule has 1 amide bonds. The second-order valence-corrected chi connectivity index (χ2v) is 9.53. The normalized spacial score (nSPS) is 15.9. The average molecular weight is 379 g/mol. The largest absolute Gasteiger partial charge is 0.321 e. The molecule has 2 heterocycles. The molecule has 1 aliphatic heterocycles. The van der Waals surface area contributed by atoms with Crippen molar-refractivity contribution in [2.45, 2.75) is 38.0 Å². The fraction of sp³-hybridized carbons (Fsp3) is 0.389. The van der Waals surface area contributed by atoms with E-state index in [1.807, 2.05) is 19.9 Å². The van der Waals surface area contributed by atoms with Crippen LogP contribution in [0.15, 0.2) is 35.2 Å². The molecular weight excluding hydrogens is 356 g/mol. The highest BCUT2D eigenvalue weighted by atomic mass is 32.2. The highest BCUT2D eigenvalue weighted by Crippen LogP contribution is 2.26. The monoisotopic (exact) mass is 378 g/mol. The zero-order valence-corrected chi connectivity index (χ0v) is 16.0. The van der Waals surface area contributed by atoms with Gasteiger partial charge in [0.25, 0.3) is 5.91 Å². The van der Waals surface area contributed by atoms with E-state index in [2.05, 4.69) is 5.32 Å². The van der Waals surface area contributed by atoms with Crippen LogP contribution in [0.2, 0.25) is 0 Å². The number of carbonyl (C=O) groups is 1. The van der Waals surface area contributed by atoms with E-state index in [1.54, 1.807) is 24.3 Å². The second kappa shape index (κ2) is 7.27. The van der Waals surface area contributed by atoms with Gasteiger partial charge in [0.1, 0.15) is 0 Å². The van der Waals surface area contributed by atoms with Gasteiger partial charge in [-0.3, -0.25) is 4.79 Å². The van der Waals surface area contributed by atoms with E-state index in [9.17, 15) is 13.2 Å². The number of amides is 1. The van der Waals surface area contributed by atoms with Crippen molar-refractivity contribution in [3.63, 3.8) is 0 Å². The van der Waals surface area contributed by atoms with Crippen molar-refractivity contribution in [3.05, 3.63) is 45.6 Å². The van der Waals surface area contributed by atoms with E-state index in [-0.39, 0.29) is 10.8 Å². The maximum Gasteiger partial charge on any atom is 0.265 e. The van der Waals surface area contributed by atoms with Gasteiger partial charge in [0.05, 0.1) is 9.77 Å². The first-order valence-corrected chi connectivity index (χ1v) is 10.6. The van der Waals surface area contributed by atoms with Crippen molar-refractivity contribution in [1.29, 1.82) is 0 Å². The minimum atomic E-state index is -3.51. The molecule has 0 aliphatic carbocycles. The maximum absolute atomic E-state index is 12.8. The Kier molecular flexibility index (Phi) is 5.27. The minimum absolute atomic E-state index is 0.214. The van der Waals surface area contributed by atoms with Crippen LogP contribution in [0.25, 0.3) is 0 Å². The number of rotatable bonds is 4. The number of piperidine rings is 1. The summed E-state index contributed by atoms with van der Waals surface area (Å²) in [5.74, 6) is -0.214. The van der Waals surface area contributed by atoms with Crippen LogP contribution in [0.3, 0.4) is 0 Å². The second-order valence-electron chi connectivity index (χ2n) is 6.31. The Morgan fingerprint density at radius 3 is 2.44 bits per heavy atom. The van der Waals surface area contributed by atoms with E-state index in [4.69, 9.17) is 0 Å². The number of benzene rings is 1. The lowest BCUT2D eigenvalue weighted by molar-refractivity contribution is 0.103. The number of hydrogen-bond donors (Lipinski definition) is 1. The van der Waals surface area contributed by atoms with E-state index < -0.39 is 10.0 Å². The van der Waals surface area contributed by atoms with Crippen LogP contribution in [0, 0.1) is 13.8 Å². The van der Waals surface area contributed by atoms with Crippen LogP contribution in [-0.2, 0) is 10.0 Å². The van der Waals surface area contributed by atoms with Crippen molar-refractivity contribution in [2.75, 3.05) is 18.4 Å². The van der Waals surface area contributed by atoms with Crippen LogP contribution in [0.1, 0.15) is 39.4 Å². The molecule has 0 bridgehead atoms. The lowest BCUT2D eigenvalue weighted by Gasteiger charge is -2.26. The summed E-state index contributed by atoms with van der Waals surface area (Å²) in [6, 6.07) is 8.59. The van der Waals surface area contributed by atoms with Gasteiger partial charge in [0.15, 0.2) is 0 Å². The third kappa shape index (κ3) is 3.94. The Labute approximate surface area is 152 Å². The predicted octanol–water partition coefficient (Wildman–Crippen LogP) is 3.79. The molecule has 2 aromatic rings. The number of nitrogens with one attached hydrogen (secondary N) is 1. The van der Waals surface area contributed by atoms with E-state index in [1.165, 1.54) is 15.6 Å². The first kappa shape index (κ1) is 18.1. The summed E-state index contributed by atoms with van der Waals surface area (Å²) in [4.78, 5) is 14.3. The SMILES string of the molecule is Cc1ccc(C(=O)Nc2cc(S(=O)(=O)N3CCCCC3)ccc2C)s1. The summed E-state index contributed by atoms with van der Waals surface area (Å²) in [5, 5.41) is 2.84. The van der Waals surface area contributed by atoms with Crippen molar-refractivity contribution < 1.29 is 13.2 Å². The number of anilines is 1. The summed E-state index contributed by atoms with van der Waals surface area (Å²) in [6.07, 6.45) is 2.86. The molecule has 0 unspecified atom stereocenters. The van der Waals surface area contributed by atoms with Gasteiger partial charge in [-0.2, -0.15) is 4.31 Å². The van der Waals surface area contributed by atoms with Crippen LogP contribution in [0.5, 0.6) is 0 Å². The molecule has 7 heteroatoms. The van der Waals surface area contributed by atoms with Crippen LogP contribution >= 0.6 is 11.3 Å². The molecule has 0 radical (unpaired) electrons. The lowest BCUT2D eigenvalue weighted by Crippen LogP contribution is -2.35. The number of nitrogens with zero attached hydrogens (tertiary/aromatic N) is 1. The zero-order chi connectivity index (χ0) is 18.0. The standard InChI is InChI=1S/C18H22N2O3S2/c1-13-6-8-15(25(22,23)20-10-4-3-5-11-20)12-16(13)19-18(21)17-9-7-14(2)24-17/h6-9,12H,3-5,10-11H2,1-2H3,(H,19,21). The molecule has 1 saturated heterocycles. The smallest absolute Gasteiger partial charge is 0.265 e. The van der Waals surface area contributed by atoms with E-state index >= 15 is 0 Å². The van der Waals surface area contributed by atoms with Crippen LogP contribution < -0.4 is 5.32 Å². The molecule has 1 N–H and O–H groups in total. The molecule has 134 valence electrons. The maximum atomic E-state index is 12.8. The number of aryl methyl sites for hydroxylation is 2. The molecule has 0 atom stereocenters. The summed E-state index contributed by atoms with van der Waals surface area (Å²) < 4.78 is 27.2. The third-order valence-corrected chi connectivity index (χ3v) is 7.27. The molecule has 0 spiro atoms. The molecular formula is C18H22N2O3S2. The van der Waals surface area contributed by atoms with Crippen LogP contribution in [-0.4, -0.2) is 31.7 Å². The Morgan fingerprint density at radius 2 is 1.80 bits per heavy atom. The minimum Gasteiger partial charge on any atom is -0.321 e. The van der Waals surface area contributed by atoms with Gasteiger partial charge in [-0.25, -0.2) is 8.42 Å². The number of carbonyl (C=O) groups excluding carboxylic acids is 1. The third-order valence-electron chi connectivity index (χ3n) is 4.37. The quantitative estimate of drug-likeness (QED) is 0.880. The summed E-state index contributed by atoms with van der Waals surface area (Å²) in [5.41, 5.74) is 1.37. The first-order valence-electron chi connectivity index (χ1n) is 8.36. The van der Waals surface area contributed by atoms with Crippen molar-refractivity contribution in [3.8, 4) is 0 Å². The van der Waals surface area contributed by atoms with Crippen molar-refractivity contribution >= 4 is 33.0 Å². The molecule has 25 heavy (non-hydrogen) atoms. The molecule has 5 nitrogen and oxygen atoms in total. The van der Waals surface area contributed by atoms with Crippen molar-refractivity contribution in [2.24, 2.45) is 0 Å². The summed E-state index contributed by atoms with van der Waals surface area (Å²) >= 11 is 1.41. The van der Waals surface area contributed by atoms with Gasteiger partial charge in [0.2, 0.25) is 10.0 Å². The number of sulfonamides is 1. The Hall–Kier alpha value is -1.70. The molecule has 1 aromatic carbocycles. The van der Waals surface area contributed by atoms with Gasteiger partial charge in [-0.1, -0.05) is 12.5 Å². The van der Waals surface area contributed by atoms with Crippen LogP contribution in [0.4, 0.5) is 5.69 Å². The molecule has 1 aliphatic rings. The molecule has 1 fully saturated rings. The van der Waals surface area contributed by atoms with Gasteiger partial charge < -0.3 is 5.32 Å². The zero-order valence-electron chi connectivity index (χ0n) is 14.4. The van der Waals surface area contributed by atoms with E-state index in [0.29, 0.717) is 23.7 Å². The predicted molar refractivity (Wildman–Crippen MR) is 101 cm³/mol. The Balaban J connectivity index is 1.86. The summed E-state index contributed by atoms with van der Waals surface area (Å²) in [7, 11) is -3.51. The topological polar surface area (TPSA) is 66.5 Å². The Bertz CT molecular complexity index is 881.